The molecule has 29 heavy (non-hydrogen) atoms. The zero-order valence-electron chi connectivity index (χ0n) is 15.0. The van der Waals surface area contributed by atoms with Gasteiger partial charge >= 0.3 is 12.1 Å². The van der Waals surface area contributed by atoms with E-state index in [2.05, 4.69) is 20.4 Å². The van der Waals surface area contributed by atoms with E-state index in [4.69, 9.17) is 4.84 Å². The number of tetrazole rings is 1. The summed E-state index contributed by atoms with van der Waals surface area (Å²) >= 11 is 0. The Morgan fingerprint density at radius 2 is 1.93 bits per heavy atom. The number of carbonyl (C=O) groups is 1. The first-order chi connectivity index (χ1) is 13.7. The zero-order chi connectivity index (χ0) is 21.0. The van der Waals surface area contributed by atoms with Crippen LogP contribution in [0.1, 0.15) is 27.4 Å². The molecule has 0 aliphatic rings. The number of rotatable bonds is 7. The average molecular weight is 408 g/mol. The van der Waals surface area contributed by atoms with E-state index >= 15 is 0 Å². The summed E-state index contributed by atoms with van der Waals surface area (Å²) in [4.78, 5) is 21.8. The average Bonchev–Trinajstić information content (AvgIpc) is 3.09. The molecular formula is C17H15F3N6O3. The molecule has 9 nitrogen and oxygen atoms in total. The molecule has 2 aromatic heterocycles. The van der Waals surface area contributed by atoms with Crippen molar-refractivity contribution < 1.29 is 27.9 Å². The second-order valence-corrected chi connectivity index (χ2v) is 5.86. The lowest BCUT2D eigenvalue weighted by atomic mass is 10.2. The first-order valence-corrected chi connectivity index (χ1v) is 8.23. The van der Waals surface area contributed by atoms with Gasteiger partial charge in [-0.25, -0.2) is 14.8 Å². The highest BCUT2D eigenvalue weighted by Gasteiger charge is 2.34. The molecule has 3 rings (SSSR count). The van der Waals surface area contributed by atoms with Crippen LogP contribution in [0.15, 0.2) is 42.5 Å². The molecule has 0 spiro atoms. The Balaban J connectivity index is 2.00. The van der Waals surface area contributed by atoms with Gasteiger partial charge in [-0.05, 0) is 22.9 Å². The van der Waals surface area contributed by atoms with Gasteiger partial charge in [-0.1, -0.05) is 30.3 Å². The molecule has 3 aromatic rings. The number of benzene rings is 1. The van der Waals surface area contributed by atoms with Crippen LogP contribution in [0.3, 0.4) is 0 Å². The first kappa shape index (κ1) is 20.2. The minimum Gasteiger partial charge on any atom is -0.478 e. The number of pyridine rings is 1. The van der Waals surface area contributed by atoms with Crippen LogP contribution in [-0.4, -0.2) is 36.3 Å². The highest BCUT2D eigenvalue weighted by molar-refractivity contribution is 5.93. The molecule has 0 aliphatic carbocycles. The molecule has 0 radical (unpaired) electrons. The Morgan fingerprint density at radius 1 is 1.21 bits per heavy atom. The quantitative estimate of drug-likeness (QED) is 0.595. The van der Waals surface area contributed by atoms with Gasteiger partial charge in [0.15, 0.2) is 11.6 Å². The molecule has 0 fully saturated rings. The third-order valence-electron chi connectivity index (χ3n) is 3.70. The van der Waals surface area contributed by atoms with E-state index in [0.29, 0.717) is 11.6 Å². The van der Waals surface area contributed by atoms with Crippen molar-refractivity contribution in [3.8, 4) is 0 Å². The topological polar surface area (TPSA) is 106 Å². The number of alkyl halides is 3. The highest BCUT2D eigenvalue weighted by Crippen LogP contribution is 2.31. The van der Waals surface area contributed by atoms with Crippen molar-refractivity contribution in [3.05, 3.63) is 65.1 Å². The number of carboxylic acids is 1. The van der Waals surface area contributed by atoms with Crippen molar-refractivity contribution in [3.63, 3.8) is 0 Å². The molecule has 12 heteroatoms. The zero-order valence-corrected chi connectivity index (χ0v) is 15.0. The maximum Gasteiger partial charge on any atom is 0.433 e. The molecule has 0 atom stereocenters. The van der Waals surface area contributed by atoms with Crippen LogP contribution in [0.2, 0.25) is 0 Å². The van der Waals surface area contributed by atoms with Crippen LogP contribution in [0.25, 0.3) is 0 Å². The van der Waals surface area contributed by atoms with Crippen LogP contribution in [-0.2, 0) is 31.2 Å². The van der Waals surface area contributed by atoms with E-state index in [1.54, 1.807) is 30.3 Å². The molecule has 0 saturated carbocycles. The normalized spacial score (nSPS) is 11.4. The van der Waals surface area contributed by atoms with E-state index in [1.807, 2.05) is 0 Å². The summed E-state index contributed by atoms with van der Waals surface area (Å²) in [6, 6.07) is 10.2. The third kappa shape index (κ3) is 5.04. The Kier molecular flexibility index (Phi) is 5.73. The lowest BCUT2D eigenvalue weighted by Gasteiger charge is -2.23. The summed E-state index contributed by atoms with van der Waals surface area (Å²) < 4.78 is 39.4. The minimum absolute atomic E-state index is 0.0436. The van der Waals surface area contributed by atoms with Gasteiger partial charge in [0.1, 0.15) is 17.8 Å². The van der Waals surface area contributed by atoms with Gasteiger partial charge in [-0.2, -0.15) is 18.0 Å². The Bertz CT molecular complexity index is 994. The van der Waals surface area contributed by atoms with Crippen molar-refractivity contribution in [1.82, 2.24) is 25.2 Å². The summed E-state index contributed by atoms with van der Waals surface area (Å²) in [5.74, 6) is -1.87. The van der Waals surface area contributed by atoms with Crippen molar-refractivity contribution in [2.75, 3.05) is 5.06 Å². The molecular weight excluding hydrogens is 393 g/mol. The number of halogens is 3. The number of aromatic nitrogens is 5. The van der Waals surface area contributed by atoms with Gasteiger partial charge in [-0.3, -0.25) is 4.84 Å². The fourth-order valence-corrected chi connectivity index (χ4v) is 2.39. The Morgan fingerprint density at radius 3 is 2.52 bits per heavy atom. The number of nitrogens with zero attached hydrogens (tertiary/aromatic N) is 6. The van der Waals surface area contributed by atoms with Gasteiger partial charge in [0, 0.05) is 0 Å². The van der Waals surface area contributed by atoms with Gasteiger partial charge in [0.25, 0.3) is 0 Å². The summed E-state index contributed by atoms with van der Waals surface area (Å²) in [6.07, 6.45) is -4.76. The molecule has 2 heterocycles. The van der Waals surface area contributed by atoms with Crippen molar-refractivity contribution in [1.29, 1.82) is 0 Å². The number of anilines is 1. The predicted octanol–water partition coefficient (Wildman–Crippen LogP) is 2.46. The fourth-order valence-electron chi connectivity index (χ4n) is 2.39. The number of hydrogen-bond donors (Lipinski definition) is 1. The van der Waals surface area contributed by atoms with Crippen LogP contribution in [0.5, 0.6) is 0 Å². The SMILES string of the molecule is Cn1nnc(CN(OCc2ccccc2)c2nc(C(F)(F)F)ccc2C(=O)O)n1. The van der Waals surface area contributed by atoms with Crippen LogP contribution < -0.4 is 5.06 Å². The summed E-state index contributed by atoms with van der Waals surface area (Å²) in [7, 11) is 1.51. The monoisotopic (exact) mass is 408 g/mol. The van der Waals surface area contributed by atoms with Crippen LogP contribution in [0.4, 0.5) is 19.0 Å². The van der Waals surface area contributed by atoms with E-state index in [1.165, 1.54) is 7.05 Å². The van der Waals surface area contributed by atoms with Crippen LogP contribution in [0, 0.1) is 0 Å². The van der Waals surface area contributed by atoms with E-state index in [-0.39, 0.29) is 19.0 Å². The van der Waals surface area contributed by atoms with Gasteiger partial charge < -0.3 is 5.11 Å². The van der Waals surface area contributed by atoms with Gasteiger partial charge in [0.05, 0.1) is 13.7 Å². The first-order valence-electron chi connectivity index (χ1n) is 8.23. The molecule has 0 saturated heterocycles. The highest BCUT2D eigenvalue weighted by atomic mass is 19.4. The molecule has 1 N–H and O–H groups in total. The maximum atomic E-state index is 13.1. The van der Waals surface area contributed by atoms with Crippen molar-refractivity contribution >= 4 is 11.8 Å². The number of hydrogen-bond acceptors (Lipinski definition) is 7. The second-order valence-electron chi connectivity index (χ2n) is 5.86. The van der Waals surface area contributed by atoms with E-state index in [9.17, 15) is 23.1 Å². The predicted molar refractivity (Wildman–Crippen MR) is 92.4 cm³/mol. The van der Waals surface area contributed by atoms with Crippen molar-refractivity contribution in [2.24, 2.45) is 7.05 Å². The lowest BCUT2D eigenvalue weighted by molar-refractivity contribution is -0.141. The minimum atomic E-state index is -4.76. The second kappa shape index (κ2) is 8.22. The van der Waals surface area contributed by atoms with Crippen LogP contribution >= 0.6 is 0 Å². The standard InChI is InChI=1S/C17H15F3N6O3/c1-25-23-14(22-24-25)9-26(29-10-11-5-3-2-4-6-11)15-12(16(27)28)7-8-13(21-15)17(18,19)20/h2-8H,9-10H2,1H3,(H,27,28). The molecule has 0 bridgehead atoms. The lowest BCUT2D eigenvalue weighted by Crippen LogP contribution is -2.28. The fraction of sp³-hybridized carbons (Fsp3) is 0.235. The summed E-state index contributed by atoms with van der Waals surface area (Å²) in [5.41, 5.74) is -0.999. The Hall–Kier alpha value is -3.54. The number of hydroxylamine groups is 1. The Labute approximate surface area is 162 Å². The molecule has 152 valence electrons. The summed E-state index contributed by atoms with van der Waals surface area (Å²) in [5, 5.41) is 21.7. The van der Waals surface area contributed by atoms with Crippen molar-refractivity contribution in [2.45, 2.75) is 19.3 Å². The molecule has 0 aliphatic heterocycles. The summed E-state index contributed by atoms with van der Waals surface area (Å²) in [6.45, 7) is -0.312. The molecule has 1 aromatic carbocycles. The van der Waals surface area contributed by atoms with Gasteiger partial charge in [0.2, 0.25) is 0 Å². The van der Waals surface area contributed by atoms with E-state index in [0.717, 1.165) is 15.9 Å². The largest absolute Gasteiger partial charge is 0.478 e. The smallest absolute Gasteiger partial charge is 0.433 e. The van der Waals surface area contributed by atoms with E-state index < -0.39 is 29.2 Å². The maximum absolute atomic E-state index is 13.1. The molecule has 0 unspecified atom stereocenters. The number of aromatic carboxylic acids is 1. The van der Waals surface area contributed by atoms with Gasteiger partial charge in [-0.15, -0.1) is 10.2 Å². The number of carboxylic acid groups (broad SMARTS) is 1. The third-order valence-corrected chi connectivity index (χ3v) is 3.70. The molecule has 0 amide bonds. The number of aryl methyl sites for hydroxylation is 1.